The van der Waals surface area contributed by atoms with E-state index in [9.17, 15) is 9.59 Å². The van der Waals surface area contributed by atoms with Crippen LogP contribution in [0.25, 0.3) is 0 Å². The summed E-state index contributed by atoms with van der Waals surface area (Å²) < 4.78 is 0. The Labute approximate surface area is 94.6 Å². The van der Waals surface area contributed by atoms with Crippen LogP contribution >= 0.6 is 0 Å². The molecule has 4 bridgehead atoms. The SMILES string of the molecule is O=C(O)CN1C(=O)C2CC3CC(C2)CC1C3. The minimum Gasteiger partial charge on any atom is -0.480 e. The molecule has 1 amide bonds. The third kappa shape index (κ3) is 1.51. The Kier molecular flexibility index (Phi) is 2.19. The van der Waals surface area contributed by atoms with Crippen molar-refractivity contribution in [1.82, 2.24) is 4.90 Å². The molecule has 4 nitrogen and oxygen atoms in total. The molecule has 0 radical (unpaired) electrons. The maximum Gasteiger partial charge on any atom is 0.323 e. The molecule has 2 saturated heterocycles. The van der Waals surface area contributed by atoms with Crippen molar-refractivity contribution in [3.63, 3.8) is 0 Å². The van der Waals surface area contributed by atoms with Crippen molar-refractivity contribution in [2.24, 2.45) is 17.8 Å². The Morgan fingerprint density at radius 3 is 2.38 bits per heavy atom. The molecule has 4 aliphatic rings. The Morgan fingerprint density at radius 2 is 1.81 bits per heavy atom. The van der Waals surface area contributed by atoms with E-state index in [0.29, 0.717) is 11.8 Å². The van der Waals surface area contributed by atoms with Crippen LogP contribution in [0.5, 0.6) is 0 Å². The second-order valence-corrected chi connectivity index (χ2v) is 5.62. The third-order valence-electron chi connectivity index (χ3n) is 4.49. The summed E-state index contributed by atoms with van der Waals surface area (Å²) in [6.07, 6.45) is 5.34. The highest BCUT2D eigenvalue weighted by atomic mass is 16.4. The van der Waals surface area contributed by atoms with Crippen molar-refractivity contribution in [2.45, 2.75) is 38.1 Å². The predicted molar refractivity (Wildman–Crippen MR) is 56.7 cm³/mol. The number of carbonyl (C=O) groups excluding carboxylic acids is 1. The molecule has 2 aliphatic heterocycles. The summed E-state index contributed by atoms with van der Waals surface area (Å²) >= 11 is 0. The summed E-state index contributed by atoms with van der Waals surface area (Å²) in [5.41, 5.74) is 0. The quantitative estimate of drug-likeness (QED) is 0.763. The van der Waals surface area contributed by atoms with Gasteiger partial charge in [-0.15, -0.1) is 0 Å². The normalized spacial score (nSPS) is 41.2. The summed E-state index contributed by atoms with van der Waals surface area (Å²) in [7, 11) is 0. The smallest absolute Gasteiger partial charge is 0.323 e. The fourth-order valence-electron chi connectivity index (χ4n) is 4.04. The number of carboxylic acid groups (broad SMARTS) is 1. The molecular formula is C12H17NO3. The summed E-state index contributed by atoms with van der Waals surface area (Å²) in [6, 6.07) is 0.208. The number of hydrogen-bond acceptors (Lipinski definition) is 2. The summed E-state index contributed by atoms with van der Waals surface area (Å²) in [6.45, 7) is -0.0978. The van der Waals surface area contributed by atoms with E-state index in [2.05, 4.69) is 0 Å². The minimum atomic E-state index is -0.880. The highest BCUT2D eigenvalue weighted by molar-refractivity contribution is 5.84. The van der Waals surface area contributed by atoms with E-state index in [1.54, 1.807) is 4.90 Å². The van der Waals surface area contributed by atoms with Gasteiger partial charge in [0.05, 0.1) is 0 Å². The average Bonchev–Trinajstić information content (AvgIpc) is 2.34. The number of hydrogen-bond donors (Lipinski definition) is 1. The monoisotopic (exact) mass is 223 g/mol. The van der Waals surface area contributed by atoms with Gasteiger partial charge in [-0.25, -0.2) is 0 Å². The summed E-state index contributed by atoms with van der Waals surface area (Å²) in [5, 5.41) is 8.88. The predicted octanol–water partition coefficient (Wildman–Crippen LogP) is 1.11. The Bertz CT molecular complexity index is 327. The zero-order chi connectivity index (χ0) is 11.3. The standard InChI is InChI=1S/C12H17NO3/c14-11(15)6-13-10-4-7-1-8(5-10)3-9(2-7)12(13)16/h7-10H,1-6H2,(H,14,15). The van der Waals surface area contributed by atoms with Crippen molar-refractivity contribution in [3.05, 3.63) is 0 Å². The van der Waals surface area contributed by atoms with Crippen LogP contribution in [0.4, 0.5) is 0 Å². The van der Waals surface area contributed by atoms with Crippen molar-refractivity contribution >= 4 is 11.9 Å². The molecule has 1 N–H and O–H groups in total. The first kappa shape index (κ1) is 10.1. The van der Waals surface area contributed by atoms with Crippen molar-refractivity contribution in [3.8, 4) is 0 Å². The van der Waals surface area contributed by atoms with Crippen molar-refractivity contribution in [2.75, 3.05) is 6.54 Å². The first-order valence-electron chi connectivity index (χ1n) is 6.15. The number of fused-ring (bicyclic) bond motifs is 1. The zero-order valence-corrected chi connectivity index (χ0v) is 9.26. The number of carbonyl (C=O) groups is 2. The van der Waals surface area contributed by atoms with Crippen LogP contribution in [0, 0.1) is 17.8 Å². The molecule has 4 rings (SSSR count). The zero-order valence-electron chi connectivity index (χ0n) is 9.26. The number of carboxylic acids is 1. The fourth-order valence-corrected chi connectivity index (χ4v) is 4.04. The third-order valence-corrected chi connectivity index (χ3v) is 4.49. The lowest BCUT2D eigenvalue weighted by Crippen LogP contribution is -2.44. The Hall–Kier alpha value is -1.06. The number of amides is 1. The van der Waals surface area contributed by atoms with Crippen LogP contribution < -0.4 is 0 Å². The van der Waals surface area contributed by atoms with Gasteiger partial charge in [-0.1, -0.05) is 0 Å². The van der Waals surface area contributed by atoms with E-state index >= 15 is 0 Å². The molecule has 2 aliphatic carbocycles. The highest BCUT2D eigenvalue weighted by Crippen LogP contribution is 2.47. The van der Waals surface area contributed by atoms with Gasteiger partial charge in [0.2, 0.25) is 5.91 Å². The van der Waals surface area contributed by atoms with Crippen LogP contribution in [0.15, 0.2) is 0 Å². The lowest BCUT2D eigenvalue weighted by molar-refractivity contribution is -0.147. The van der Waals surface area contributed by atoms with Gasteiger partial charge in [0, 0.05) is 12.0 Å². The fraction of sp³-hybridized carbons (Fsp3) is 0.833. The molecule has 4 heteroatoms. The largest absolute Gasteiger partial charge is 0.480 e. The molecule has 0 spiro atoms. The van der Waals surface area contributed by atoms with Gasteiger partial charge in [0.15, 0.2) is 0 Å². The van der Waals surface area contributed by atoms with Crippen LogP contribution in [0.1, 0.15) is 32.1 Å². The van der Waals surface area contributed by atoms with Gasteiger partial charge in [-0.05, 0) is 43.9 Å². The molecule has 0 aromatic rings. The molecule has 2 unspecified atom stereocenters. The molecule has 4 fully saturated rings. The summed E-state index contributed by atoms with van der Waals surface area (Å²) in [4.78, 5) is 24.6. The Balaban J connectivity index is 1.89. The van der Waals surface area contributed by atoms with E-state index in [-0.39, 0.29) is 24.4 Å². The highest BCUT2D eigenvalue weighted by Gasteiger charge is 2.47. The number of aliphatic carboxylic acids is 1. The number of nitrogens with zero attached hydrogens (tertiary/aromatic N) is 1. The van der Waals surface area contributed by atoms with Gasteiger partial charge in [-0.2, -0.15) is 0 Å². The minimum absolute atomic E-state index is 0.0978. The van der Waals surface area contributed by atoms with Gasteiger partial charge in [0.1, 0.15) is 6.54 Å². The van der Waals surface area contributed by atoms with E-state index in [4.69, 9.17) is 5.11 Å². The lowest BCUT2D eigenvalue weighted by atomic mass is 9.68. The van der Waals surface area contributed by atoms with Crippen LogP contribution in [0.2, 0.25) is 0 Å². The average molecular weight is 223 g/mol. The maximum atomic E-state index is 12.2. The molecule has 88 valence electrons. The van der Waals surface area contributed by atoms with Gasteiger partial charge >= 0.3 is 5.97 Å². The molecule has 0 aromatic heterocycles. The van der Waals surface area contributed by atoms with Crippen molar-refractivity contribution in [1.29, 1.82) is 0 Å². The van der Waals surface area contributed by atoms with Gasteiger partial charge in [0.25, 0.3) is 0 Å². The second-order valence-electron chi connectivity index (χ2n) is 5.62. The second kappa shape index (κ2) is 3.47. The van der Waals surface area contributed by atoms with E-state index < -0.39 is 5.97 Å². The molecular weight excluding hydrogens is 206 g/mol. The summed E-state index contributed by atoms with van der Waals surface area (Å²) in [5.74, 6) is 0.692. The molecule has 2 heterocycles. The molecule has 0 aromatic carbocycles. The maximum absolute atomic E-state index is 12.2. The van der Waals surface area contributed by atoms with Crippen LogP contribution in [0.3, 0.4) is 0 Å². The first-order chi connectivity index (χ1) is 7.63. The first-order valence-corrected chi connectivity index (χ1v) is 6.15. The Morgan fingerprint density at radius 1 is 1.19 bits per heavy atom. The molecule has 2 saturated carbocycles. The van der Waals surface area contributed by atoms with Crippen LogP contribution in [-0.4, -0.2) is 34.5 Å². The van der Waals surface area contributed by atoms with Crippen LogP contribution in [-0.2, 0) is 9.59 Å². The molecule has 16 heavy (non-hydrogen) atoms. The topological polar surface area (TPSA) is 57.6 Å². The van der Waals surface area contributed by atoms with E-state index in [1.165, 1.54) is 6.42 Å². The number of rotatable bonds is 2. The lowest BCUT2D eigenvalue weighted by Gasteiger charge is -2.38. The van der Waals surface area contributed by atoms with Gasteiger partial charge < -0.3 is 10.0 Å². The van der Waals surface area contributed by atoms with E-state index in [1.807, 2.05) is 0 Å². The van der Waals surface area contributed by atoms with Gasteiger partial charge in [-0.3, -0.25) is 9.59 Å². The van der Waals surface area contributed by atoms with Crippen molar-refractivity contribution < 1.29 is 14.7 Å². The van der Waals surface area contributed by atoms with E-state index in [0.717, 1.165) is 25.7 Å². The molecule has 2 atom stereocenters.